The Bertz CT molecular complexity index is 1510. The number of rotatable bonds is 7. The third-order valence-electron chi connectivity index (χ3n) is 8.11. The quantitative estimate of drug-likeness (QED) is 0.245. The van der Waals surface area contributed by atoms with Gasteiger partial charge in [-0.05, 0) is 98.3 Å². The van der Waals surface area contributed by atoms with Gasteiger partial charge in [-0.3, -0.25) is 4.79 Å². The Hall–Kier alpha value is -3.61. The Balaban J connectivity index is 1.37. The summed E-state index contributed by atoms with van der Waals surface area (Å²) in [4.78, 5) is 20.3. The Morgan fingerprint density at radius 3 is 2.62 bits per heavy atom. The summed E-state index contributed by atoms with van der Waals surface area (Å²) in [7, 11) is 0. The lowest BCUT2D eigenvalue weighted by atomic mass is 9.79. The van der Waals surface area contributed by atoms with Gasteiger partial charge in [-0.2, -0.15) is 0 Å². The Labute approximate surface area is 234 Å². The van der Waals surface area contributed by atoms with Crippen molar-refractivity contribution in [1.29, 1.82) is 0 Å². The second-order valence-corrected chi connectivity index (χ2v) is 11.6. The standard InChI is InChI=1S/C33H33N3O2S/c1-3-22(20-34)24-15-16-36-31(18-24)32(39-33(36)37)28-19-30(35-29-14-9-21(2)17-27(28)29)23-10-12-26(13-11-23)38-25-7-5-4-6-8-25/h3-14,17,19,22,24,31-32H,1,15-16,18,20,34H2,2H3/t22-,24-,31-,32+/m0/s1. The number of hydrogen-bond donors (Lipinski definition) is 1. The van der Waals surface area contributed by atoms with Crippen molar-refractivity contribution in [2.45, 2.75) is 31.1 Å². The van der Waals surface area contributed by atoms with E-state index in [-0.39, 0.29) is 22.4 Å². The number of thioether (sulfide) groups is 1. The van der Waals surface area contributed by atoms with Crippen LogP contribution in [-0.4, -0.2) is 34.3 Å². The summed E-state index contributed by atoms with van der Waals surface area (Å²) in [6, 6.07) is 26.6. The van der Waals surface area contributed by atoms with Gasteiger partial charge in [0.15, 0.2) is 0 Å². The van der Waals surface area contributed by atoms with Crippen LogP contribution < -0.4 is 10.5 Å². The molecule has 198 valence electrons. The van der Waals surface area contributed by atoms with Crippen molar-refractivity contribution in [1.82, 2.24) is 9.88 Å². The number of carbonyl (C=O) groups excluding carboxylic acids is 1. The Kier molecular flexibility index (Phi) is 7.15. The maximum absolute atomic E-state index is 13.2. The van der Waals surface area contributed by atoms with Crippen LogP contribution in [-0.2, 0) is 0 Å². The number of fused-ring (bicyclic) bond motifs is 2. The van der Waals surface area contributed by atoms with Gasteiger partial charge in [-0.25, -0.2) is 4.98 Å². The van der Waals surface area contributed by atoms with E-state index in [0.717, 1.165) is 53.0 Å². The predicted molar refractivity (Wildman–Crippen MR) is 160 cm³/mol. The Morgan fingerprint density at radius 2 is 1.87 bits per heavy atom. The van der Waals surface area contributed by atoms with E-state index in [9.17, 15) is 4.79 Å². The number of nitrogens with two attached hydrogens (primary N) is 1. The van der Waals surface area contributed by atoms with Gasteiger partial charge in [-0.1, -0.05) is 47.7 Å². The summed E-state index contributed by atoms with van der Waals surface area (Å²) in [6.45, 7) is 7.51. The number of carbonyl (C=O) groups is 1. The molecule has 0 aliphatic carbocycles. The first-order chi connectivity index (χ1) is 19.0. The molecule has 5 nitrogen and oxygen atoms in total. The van der Waals surface area contributed by atoms with Crippen LogP contribution in [0.2, 0.25) is 0 Å². The lowest BCUT2D eigenvalue weighted by molar-refractivity contribution is 0.136. The second kappa shape index (κ2) is 10.9. The van der Waals surface area contributed by atoms with Gasteiger partial charge in [0.2, 0.25) is 0 Å². The number of benzene rings is 3. The van der Waals surface area contributed by atoms with E-state index in [1.54, 1.807) is 0 Å². The van der Waals surface area contributed by atoms with Crippen LogP contribution in [0, 0.1) is 18.8 Å². The molecule has 3 heterocycles. The summed E-state index contributed by atoms with van der Waals surface area (Å²) < 4.78 is 5.99. The largest absolute Gasteiger partial charge is 0.457 e. The van der Waals surface area contributed by atoms with Crippen LogP contribution in [0.5, 0.6) is 11.5 Å². The minimum atomic E-state index is 0.0373. The van der Waals surface area contributed by atoms with Crippen molar-refractivity contribution < 1.29 is 9.53 Å². The minimum absolute atomic E-state index is 0.0373. The minimum Gasteiger partial charge on any atom is -0.457 e. The van der Waals surface area contributed by atoms with Gasteiger partial charge < -0.3 is 15.4 Å². The zero-order valence-electron chi connectivity index (χ0n) is 22.1. The van der Waals surface area contributed by atoms with Crippen LogP contribution in [0.1, 0.15) is 29.2 Å². The molecule has 4 aromatic rings. The van der Waals surface area contributed by atoms with Crippen molar-refractivity contribution in [2.75, 3.05) is 13.1 Å². The first-order valence-electron chi connectivity index (χ1n) is 13.6. The molecule has 6 heteroatoms. The highest BCUT2D eigenvalue weighted by atomic mass is 32.2. The van der Waals surface area contributed by atoms with E-state index in [2.05, 4.69) is 54.8 Å². The number of aryl methyl sites for hydroxylation is 1. The van der Waals surface area contributed by atoms with E-state index >= 15 is 0 Å². The van der Waals surface area contributed by atoms with Crippen molar-refractivity contribution in [3.63, 3.8) is 0 Å². The average Bonchev–Trinajstić information content (AvgIpc) is 3.29. The summed E-state index contributed by atoms with van der Waals surface area (Å²) in [6.07, 6.45) is 3.91. The number of piperidine rings is 1. The number of hydrogen-bond acceptors (Lipinski definition) is 5. The fourth-order valence-electron chi connectivity index (χ4n) is 6.00. The molecule has 2 N–H and O–H groups in total. The maximum Gasteiger partial charge on any atom is 0.282 e. The highest BCUT2D eigenvalue weighted by molar-refractivity contribution is 8.14. The van der Waals surface area contributed by atoms with Crippen molar-refractivity contribution in [3.8, 4) is 22.8 Å². The van der Waals surface area contributed by atoms with E-state index in [1.165, 1.54) is 22.9 Å². The number of aromatic nitrogens is 1. The first kappa shape index (κ1) is 25.7. The number of nitrogens with zero attached hydrogens (tertiary/aromatic N) is 2. The van der Waals surface area contributed by atoms with E-state index < -0.39 is 0 Å². The lowest BCUT2D eigenvalue weighted by Gasteiger charge is -2.39. The zero-order chi connectivity index (χ0) is 26.9. The molecule has 4 atom stereocenters. The highest BCUT2D eigenvalue weighted by Crippen LogP contribution is 2.50. The summed E-state index contributed by atoms with van der Waals surface area (Å²) in [5, 5.41) is 1.33. The third kappa shape index (κ3) is 5.07. The molecule has 1 amide bonds. The van der Waals surface area contributed by atoms with Crippen LogP contribution in [0.3, 0.4) is 0 Å². The number of ether oxygens (including phenoxy) is 1. The Morgan fingerprint density at radius 1 is 1.10 bits per heavy atom. The lowest BCUT2D eigenvalue weighted by Crippen LogP contribution is -2.44. The topological polar surface area (TPSA) is 68.5 Å². The molecule has 0 spiro atoms. The molecule has 0 radical (unpaired) electrons. The zero-order valence-corrected chi connectivity index (χ0v) is 22.9. The molecule has 1 aromatic heterocycles. The van der Waals surface area contributed by atoms with Crippen molar-refractivity contribution in [3.05, 3.63) is 103 Å². The predicted octanol–water partition coefficient (Wildman–Crippen LogP) is 7.75. The summed E-state index contributed by atoms with van der Waals surface area (Å²) in [5.41, 5.74) is 11.3. The number of pyridine rings is 1. The van der Waals surface area contributed by atoms with Gasteiger partial charge in [0.05, 0.1) is 16.5 Å². The fraction of sp³-hybridized carbons (Fsp3) is 0.273. The summed E-state index contributed by atoms with van der Waals surface area (Å²) >= 11 is 1.46. The average molecular weight is 536 g/mol. The molecule has 2 aliphatic heterocycles. The van der Waals surface area contributed by atoms with E-state index in [4.69, 9.17) is 15.5 Å². The molecule has 2 aliphatic rings. The smallest absolute Gasteiger partial charge is 0.282 e. The molecule has 0 bridgehead atoms. The van der Waals surface area contributed by atoms with Crippen LogP contribution in [0.4, 0.5) is 4.79 Å². The first-order valence-corrected chi connectivity index (χ1v) is 14.5. The van der Waals surface area contributed by atoms with Gasteiger partial charge in [-0.15, -0.1) is 6.58 Å². The fourth-order valence-corrected chi connectivity index (χ4v) is 7.32. The van der Waals surface area contributed by atoms with Crippen LogP contribution in [0.15, 0.2) is 91.5 Å². The van der Waals surface area contributed by atoms with Gasteiger partial charge in [0, 0.05) is 23.5 Å². The normalized spacial score (nSPS) is 21.5. The number of amides is 1. The molecule has 0 saturated carbocycles. The molecule has 3 aromatic carbocycles. The SMILES string of the molecule is C=C[C@@H](CN)[C@H]1CCN2C(=O)S[C@H](c3cc(-c4ccc(Oc5ccccc5)cc4)nc4ccc(C)cc34)[C@@H]2C1. The van der Waals surface area contributed by atoms with E-state index in [1.807, 2.05) is 48.5 Å². The molecule has 6 rings (SSSR count). The van der Waals surface area contributed by atoms with Crippen molar-refractivity contribution in [2.24, 2.45) is 17.6 Å². The van der Waals surface area contributed by atoms with E-state index in [0.29, 0.717) is 12.5 Å². The highest BCUT2D eigenvalue weighted by Gasteiger charge is 2.46. The molecule has 2 saturated heterocycles. The third-order valence-corrected chi connectivity index (χ3v) is 9.37. The second-order valence-electron chi connectivity index (χ2n) is 10.5. The van der Waals surface area contributed by atoms with Gasteiger partial charge >= 0.3 is 0 Å². The monoisotopic (exact) mass is 535 g/mol. The summed E-state index contributed by atoms with van der Waals surface area (Å²) in [5.74, 6) is 2.30. The van der Waals surface area contributed by atoms with Crippen LogP contribution >= 0.6 is 11.8 Å². The number of para-hydroxylation sites is 1. The van der Waals surface area contributed by atoms with Gasteiger partial charge in [0.1, 0.15) is 11.5 Å². The maximum atomic E-state index is 13.2. The molecule has 0 unspecified atom stereocenters. The van der Waals surface area contributed by atoms with Crippen LogP contribution in [0.25, 0.3) is 22.2 Å². The molecule has 2 fully saturated rings. The molecular weight excluding hydrogens is 502 g/mol. The molecular formula is C33H33N3O2S. The van der Waals surface area contributed by atoms with Gasteiger partial charge in [0.25, 0.3) is 5.24 Å². The van der Waals surface area contributed by atoms with Crippen molar-refractivity contribution >= 4 is 27.9 Å². The molecule has 39 heavy (non-hydrogen) atoms.